The molecular formula is C14H16O4. The van der Waals surface area contributed by atoms with Gasteiger partial charge in [0.15, 0.2) is 11.6 Å². The van der Waals surface area contributed by atoms with E-state index in [1.165, 1.54) is 13.0 Å². The van der Waals surface area contributed by atoms with Gasteiger partial charge in [-0.1, -0.05) is 6.92 Å². The van der Waals surface area contributed by atoms with Crippen LogP contribution >= 0.6 is 0 Å². The highest BCUT2D eigenvalue weighted by molar-refractivity contribution is 6.12. The van der Waals surface area contributed by atoms with E-state index in [-0.39, 0.29) is 35.4 Å². The van der Waals surface area contributed by atoms with Gasteiger partial charge in [0.25, 0.3) is 0 Å². The minimum atomic E-state index is -0.323. The van der Waals surface area contributed by atoms with E-state index in [0.717, 1.165) is 0 Å². The predicted octanol–water partition coefficient (Wildman–Crippen LogP) is 1.85. The van der Waals surface area contributed by atoms with E-state index < -0.39 is 0 Å². The third kappa shape index (κ3) is 1.82. The second kappa shape index (κ2) is 4.53. The molecule has 0 aromatic heterocycles. The van der Waals surface area contributed by atoms with E-state index in [4.69, 9.17) is 0 Å². The van der Waals surface area contributed by atoms with Crippen LogP contribution < -0.4 is 0 Å². The zero-order valence-corrected chi connectivity index (χ0v) is 10.5. The number of benzene rings is 1. The summed E-state index contributed by atoms with van der Waals surface area (Å²) in [6, 6.07) is 1.39. The van der Waals surface area contributed by atoms with E-state index in [9.17, 15) is 19.8 Å². The Kier molecular flexibility index (Phi) is 3.22. The minimum absolute atomic E-state index is 0.0961. The highest BCUT2D eigenvalue weighted by atomic mass is 16.3. The van der Waals surface area contributed by atoms with Gasteiger partial charge in [-0.15, -0.1) is 0 Å². The minimum Gasteiger partial charge on any atom is -0.507 e. The summed E-state index contributed by atoms with van der Waals surface area (Å²) in [5, 5.41) is 19.2. The number of aromatic hydroxyl groups is 1. The summed E-state index contributed by atoms with van der Waals surface area (Å²) in [4.78, 5) is 23.8. The molecule has 1 aromatic rings. The summed E-state index contributed by atoms with van der Waals surface area (Å²) < 4.78 is 0. The largest absolute Gasteiger partial charge is 0.507 e. The second-order valence-corrected chi connectivity index (χ2v) is 4.80. The number of ketones is 2. The summed E-state index contributed by atoms with van der Waals surface area (Å²) >= 11 is 0. The maximum absolute atomic E-state index is 12.2. The van der Waals surface area contributed by atoms with E-state index >= 15 is 0 Å². The number of Topliss-reactive ketones (excluding diaryl/α,β-unsaturated/α-hetero) is 2. The van der Waals surface area contributed by atoms with E-state index in [1.54, 1.807) is 0 Å². The Hall–Kier alpha value is -1.68. The molecule has 4 heteroatoms. The van der Waals surface area contributed by atoms with Gasteiger partial charge in [-0.3, -0.25) is 9.59 Å². The van der Waals surface area contributed by atoms with Crippen LogP contribution in [0, 0.1) is 5.92 Å². The molecule has 18 heavy (non-hydrogen) atoms. The highest BCUT2D eigenvalue weighted by Crippen LogP contribution is 2.35. The molecule has 2 N–H and O–H groups in total. The molecule has 1 atom stereocenters. The molecule has 0 radical (unpaired) electrons. The number of rotatable bonds is 2. The van der Waals surface area contributed by atoms with Crippen molar-refractivity contribution in [3.63, 3.8) is 0 Å². The monoisotopic (exact) mass is 248 g/mol. The van der Waals surface area contributed by atoms with Crippen LogP contribution in [-0.2, 0) is 13.0 Å². The quantitative estimate of drug-likeness (QED) is 0.783. The topological polar surface area (TPSA) is 74.6 Å². The number of phenolic OH excluding ortho intramolecular Hbond substituents is 1. The van der Waals surface area contributed by atoms with Gasteiger partial charge in [0.2, 0.25) is 0 Å². The first kappa shape index (κ1) is 12.8. The number of aliphatic hydroxyl groups excluding tert-OH is 1. The van der Waals surface area contributed by atoms with Crippen molar-refractivity contribution in [1.82, 2.24) is 0 Å². The molecule has 0 aliphatic heterocycles. The molecule has 0 amide bonds. The van der Waals surface area contributed by atoms with Gasteiger partial charge < -0.3 is 10.2 Å². The Morgan fingerprint density at radius 3 is 2.72 bits per heavy atom. The Morgan fingerprint density at radius 1 is 1.50 bits per heavy atom. The number of hydrogen-bond acceptors (Lipinski definition) is 4. The Bertz CT molecular complexity index is 531. The Morgan fingerprint density at radius 2 is 2.17 bits per heavy atom. The average Bonchev–Trinajstić information content (AvgIpc) is 2.32. The molecule has 96 valence electrons. The van der Waals surface area contributed by atoms with Crippen LogP contribution in [0.15, 0.2) is 6.07 Å². The lowest BCUT2D eigenvalue weighted by atomic mass is 9.78. The number of carbonyl (C=O) groups excluding carboxylic acids is 2. The summed E-state index contributed by atoms with van der Waals surface area (Å²) in [6.07, 6.45) is 1.36. The molecule has 1 aromatic carbocycles. The van der Waals surface area contributed by atoms with E-state index in [2.05, 4.69) is 0 Å². The highest BCUT2D eigenvalue weighted by Gasteiger charge is 2.31. The van der Waals surface area contributed by atoms with Crippen LogP contribution in [-0.4, -0.2) is 21.8 Å². The van der Waals surface area contributed by atoms with Crippen LogP contribution in [0.25, 0.3) is 0 Å². The number of carbonyl (C=O) groups is 2. The van der Waals surface area contributed by atoms with Gasteiger partial charge in [0.05, 0.1) is 12.2 Å². The zero-order valence-electron chi connectivity index (χ0n) is 10.5. The average molecular weight is 248 g/mol. The number of fused-ring (bicyclic) bond motifs is 1. The van der Waals surface area contributed by atoms with Gasteiger partial charge in [-0.05, 0) is 37.0 Å². The van der Waals surface area contributed by atoms with Gasteiger partial charge in [0, 0.05) is 11.5 Å². The van der Waals surface area contributed by atoms with Crippen LogP contribution in [0.1, 0.15) is 52.1 Å². The standard InChI is InChI=1S/C14H16O4/c1-7-3-4-10-9(6-15)5-11(17)12(8(2)16)13(10)14(7)18/h5,7,15,17H,3-4,6H2,1-2H3/t7-/m0/s1. The fourth-order valence-electron chi connectivity index (χ4n) is 2.56. The Labute approximate surface area is 105 Å². The summed E-state index contributed by atoms with van der Waals surface area (Å²) in [7, 11) is 0. The van der Waals surface area contributed by atoms with Gasteiger partial charge in [-0.25, -0.2) is 0 Å². The molecule has 1 aliphatic rings. The molecule has 0 saturated heterocycles. The maximum atomic E-state index is 12.2. The van der Waals surface area contributed by atoms with Crippen molar-refractivity contribution in [2.75, 3.05) is 0 Å². The number of phenols is 1. The maximum Gasteiger partial charge on any atom is 0.166 e. The lowest BCUT2D eigenvalue weighted by molar-refractivity contribution is 0.0900. The first-order valence-electron chi connectivity index (χ1n) is 6.01. The molecule has 0 fully saturated rings. The summed E-state index contributed by atoms with van der Waals surface area (Å²) in [5.41, 5.74) is 1.65. The fraction of sp³-hybridized carbons (Fsp3) is 0.429. The van der Waals surface area contributed by atoms with Crippen molar-refractivity contribution >= 4 is 11.6 Å². The third-order valence-electron chi connectivity index (χ3n) is 3.55. The smallest absolute Gasteiger partial charge is 0.166 e. The summed E-state index contributed by atoms with van der Waals surface area (Å²) in [5.74, 6) is -0.806. The van der Waals surface area contributed by atoms with E-state index in [1.807, 2.05) is 6.92 Å². The molecule has 0 bridgehead atoms. The normalized spacial score (nSPS) is 18.6. The fourth-order valence-corrected chi connectivity index (χ4v) is 2.56. The molecular weight excluding hydrogens is 232 g/mol. The van der Waals surface area contributed by atoms with Crippen molar-refractivity contribution in [1.29, 1.82) is 0 Å². The molecule has 2 rings (SSSR count). The molecule has 0 heterocycles. The molecule has 0 saturated carbocycles. The van der Waals surface area contributed by atoms with Gasteiger partial charge in [0.1, 0.15) is 5.75 Å². The van der Waals surface area contributed by atoms with Crippen molar-refractivity contribution in [2.45, 2.75) is 33.3 Å². The van der Waals surface area contributed by atoms with Crippen LogP contribution in [0.3, 0.4) is 0 Å². The predicted molar refractivity (Wildman–Crippen MR) is 65.8 cm³/mol. The number of aliphatic hydroxyl groups is 1. The second-order valence-electron chi connectivity index (χ2n) is 4.80. The SMILES string of the molecule is CC(=O)c1c(O)cc(CO)c2c1C(=O)[C@@H](C)CC2. The van der Waals surface area contributed by atoms with Crippen molar-refractivity contribution in [3.05, 3.63) is 28.3 Å². The van der Waals surface area contributed by atoms with Crippen molar-refractivity contribution < 1.29 is 19.8 Å². The lowest BCUT2D eigenvalue weighted by Crippen LogP contribution is -2.24. The van der Waals surface area contributed by atoms with Gasteiger partial charge >= 0.3 is 0 Å². The molecule has 4 nitrogen and oxygen atoms in total. The Balaban J connectivity index is 2.78. The molecule has 1 aliphatic carbocycles. The molecule has 0 spiro atoms. The van der Waals surface area contributed by atoms with Crippen LogP contribution in [0.2, 0.25) is 0 Å². The van der Waals surface area contributed by atoms with Crippen molar-refractivity contribution in [3.8, 4) is 5.75 Å². The van der Waals surface area contributed by atoms with Crippen molar-refractivity contribution in [2.24, 2.45) is 5.92 Å². The van der Waals surface area contributed by atoms with Crippen LogP contribution in [0.4, 0.5) is 0 Å². The summed E-state index contributed by atoms with van der Waals surface area (Å²) in [6.45, 7) is 2.91. The first-order valence-corrected chi connectivity index (χ1v) is 6.01. The van der Waals surface area contributed by atoms with E-state index in [0.29, 0.717) is 29.5 Å². The van der Waals surface area contributed by atoms with Crippen LogP contribution in [0.5, 0.6) is 5.75 Å². The number of hydrogen-bond donors (Lipinski definition) is 2. The third-order valence-corrected chi connectivity index (χ3v) is 3.55. The molecule has 0 unspecified atom stereocenters. The first-order chi connectivity index (χ1) is 8.47. The lowest BCUT2D eigenvalue weighted by Gasteiger charge is -2.25. The zero-order chi connectivity index (χ0) is 13.4. The van der Waals surface area contributed by atoms with Gasteiger partial charge in [-0.2, -0.15) is 0 Å².